The van der Waals surface area contributed by atoms with Crippen molar-refractivity contribution >= 4 is 11.1 Å². The van der Waals surface area contributed by atoms with Crippen molar-refractivity contribution in [3.63, 3.8) is 0 Å². The van der Waals surface area contributed by atoms with Crippen LogP contribution < -0.4 is 5.76 Å². The number of fused-ring (bicyclic) bond motifs is 1. The summed E-state index contributed by atoms with van der Waals surface area (Å²) in [7, 11) is 0. The van der Waals surface area contributed by atoms with Gasteiger partial charge in [-0.2, -0.15) is 0 Å². The van der Waals surface area contributed by atoms with Crippen LogP contribution in [0.2, 0.25) is 0 Å². The number of ether oxygens (including phenoxy) is 1. The topological polar surface area (TPSA) is 47.6 Å². The molecule has 0 amide bonds. The molecule has 0 spiro atoms. The molecule has 1 aromatic heterocycles. The van der Waals surface area contributed by atoms with Gasteiger partial charge in [0.05, 0.1) is 18.7 Å². The number of aromatic nitrogens is 1. The Bertz CT molecular complexity index is 596. The van der Waals surface area contributed by atoms with Crippen LogP contribution in [0.15, 0.2) is 33.5 Å². The Balaban J connectivity index is 1.65. The zero-order valence-corrected chi connectivity index (χ0v) is 10.9. The van der Waals surface area contributed by atoms with Gasteiger partial charge in [-0.25, -0.2) is 4.79 Å². The molecule has 5 nitrogen and oxygen atoms in total. The Hall–Kier alpha value is -1.59. The Kier molecular flexibility index (Phi) is 3.66. The first-order chi connectivity index (χ1) is 9.34. The van der Waals surface area contributed by atoms with Crippen molar-refractivity contribution in [2.45, 2.75) is 13.0 Å². The molecule has 0 N–H and O–H groups in total. The van der Waals surface area contributed by atoms with Crippen molar-refractivity contribution < 1.29 is 9.15 Å². The fourth-order valence-corrected chi connectivity index (χ4v) is 2.50. The summed E-state index contributed by atoms with van der Waals surface area (Å²) < 4.78 is 12.3. The third-order valence-corrected chi connectivity index (χ3v) is 3.53. The van der Waals surface area contributed by atoms with Crippen LogP contribution in [-0.4, -0.2) is 42.3 Å². The van der Waals surface area contributed by atoms with Gasteiger partial charge in [-0.3, -0.25) is 9.47 Å². The quantitative estimate of drug-likeness (QED) is 0.833. The fraction of sp³-hybridized carbons (Fsp3) is 0.500. The van der Waals surface area contributed by atoms with Gasteiger partial charge < -0.3 is 9.15 Å². The SMILES string of the molecule is O=c1oc2ccccc2n1CCCN1CCOCC1. The van der Waals surface area contributed by atoms with Gasteiger partial charge in [-0.05, 0) is 18.6 Å². The standard InChI is InChI=1S/C14H18N2O3/c17-14-16(12-4-1-2-5-13(12)19-14)7-3-6-15-8-10-18-11-9-15/h1-2,4-5H,3,6-11H2. The highest BCUT2D eigenvalue weighted by Gasteiger charge is 2.11. The zero-order chi connectivity index (χ0) is 13.1. The molecular formula is C14H18N2O3. The molecule has 0 unspecified atom stereocenters. The minimum Gasteiger partial charge on any atom is -0.408 e. The number of hydrogen-bond donors (Lipinski definition) is 0. The van der Waals surface area contributed by atoms with E-state index < -0.39 is 0 Å². The van der Waals surface area contributed by atoms with Gasteiger partial charge in [-0.1, -0.05) is 12.1 Å². The highest BCUT2D eigenvalue weighted by atomic mass is 16.5. The van der Waals surface area contributed by atoms with Gasteiger partial charge in [0.15, 0.2) is 5.58 Å². The molecule has 0 bridgehead atoms. The molecule has 1 saturated heterocycles. The number of benzene rings is 1. The monoisotopic (exact) mass is 262 g/mol. The molecule has 2 aromatic rings. The Morgan fingerprint density at radius 2 is 1.89 bits per heavy atom. The number of aryl methyl sites for hydroxylation is 1. The molecule has 1 aliphatic rings. The van der Waals surface area contributed by atoms with Crippen LogP contribution in [0.25, 0.3) is 11.1 Å². The molecule has 0 radical (unpaired) electrons. The molecule has 102 valence electrons. The lowest BCUT2D eigenvalue weighted by Crippen LogP contribution is -2.37. The van der Waals surface area contributed by atoms with Crippen molar-refractivity contribution in [1.82, 2.24) is 9.47 Å². The second kappa shape index (κ2) is 5.59. The lowest BCUT2D eigenvalue weighted by molar-refractivity contribution is 0.0369. The van der Waals surface area contributed by atoms with Crippen LogP contribution in [-0.2, 0) is 11.3 Å². The van der Waals surface area contributed by atoms with E-state index in [0.29, 0.717) is 12.1 Å². The molecule has 0 aliphatic carbocycles. The highest BCUT2D eigenvalue weighted by Crippen LogP contribution is 2.12. The van der Waals surface area contributed by atoms with E-state index in [9.17, 15) is 4.79 Å². The van der Waals surface area contributed by atoms with Gasteiger partial charge in [0.1, 0.15) is 0 Å². The summed E-state index contributed by atoms with van der Waals surface area (Å²) in [4.78, 5) is 14.2. The lowest BCUT2D eigenvalue weighted by Gasteiger charge is -2.26. The van der Waals surface area contributed by atoms with Crippen molar-refractivity contribution in [2.75, 3.05) is 32.8 Å². The highest BCUT2D eigenvalue weighted by molar-refractivity contribution is 5.72. The number of nitrogens with zero attached hydrogens (tertiary/aromatic N) is 2. The van der Waals surface area contributed by atoms with E-state index in [4.69, 9.17) is 9.15 Å². The molecular weight excluding hydrogens is 244 g/mol. The van der Waals surface area contributed by atoms with Gasteiger partial charge >= 0.3 is 5.76 Å². The van der Waals surface area contributed by atoms with Gasteiger partial charge in [0.25, 0.3) is 0 Å². The van der Waals surface area contributed by atoms with Crippen LogP contribution in [0.5, 0.6) is 0 Å². The number of morpholine rings is 1. The van der Waals surface area contributed by atoms with Crippen LogP contribution >= 0.6 is 0 Å². The molecule has 19 heavy (non-hydrogen) atoms. The van der Waals surface area contributed by atoms with Crippen LogP contribution in [0.4, 0.5) is 0 Å². The summed E-state index contributed by atoms with van der Waals surface area (Å²) in [5.41, 5.74) is 1.55. The third kappa shape index (κ3) is 2.72. The first kappa shape index (κ1) is 12.4. The Morgan fingerprint density at radius 3 is 2.74 bits per heavy atom. The van der Waals surface area contributed by atoms with Crippen LogP contribution in [0.3, 0.4) is 0 Å². The van der Waals surface area contributed by atoms with E-state index in [0.717, 1.165) is 44.8 Å². The van der Waals surface area contributed by atoms with E-state index in [1.165, 1.54) is 0 Å². The average Bonchev–Trinajstić information content (AvgIpc) is 2.76. The summed E-state index contributed by atoms with van der Waals surface area (Å²) in [6.07, 6.45) is 0.948. The normalized spacial score (nSPS) is 17.1. The summed E-state index contributed by atoms with van der Waals surface area (Å²) in [5.74, 6) is -0.261. The van der Waals surface area contributed by atoms with E-state index in [1.54, 1.807) is 4.57 Å². The first-order valence-corrected chi connectivity index (χ1v) is 6.73. The van der Waals surface area contributed by atoms with Crippen LogP contribution in [0.1, 0.15) is 6.42 Å². The van der Waals surface area contributed by atoms with Crippen molar-refractivity contribution in [2.24, 2.45) is 0 Å². The minimum absolute atomic E-state index is 0.261. The van der Waals surface area contributed by atoms with E-state index in [1.807, 2.05) is 24.3 Å². The van der Waals surface area contributed by atoms with E-state index in [2.05, 4.69) is 4.90 Å². The second-order valence-electron chi connectivity index (χ2n) is 4.79. The van der Waals surface area contributed by atoms with Crippen LogP contribution in [0, 0.1) is 0 Å². The molecule has 0 saturated carbocycles. The summed E-state index contributed by atoms with van der Waals surface area (Å²) in [6, 6.07) is 7.56. The minimum atomic E-state index is -0.261. The predicted molar refractivity (Wildman–Crippen MR) is 72.4 cm³/mol. The van der Waals surface area contributed by atoms with E-state index in [-0.39, 0.29) is 5.76 Å². The maximum absolute atomic E-state index is 11.8. The molecule has 5 heteroatoms. The van der Waals surface area contributed by atoms with Crippen molar-refractivity contribution in [1.29, 1.82) is 0 Å². The van der Waals surface area contributed by atoms with Gasteiger partial charge in [-0.15, -0.1) is 0 Å². The number of oxazole rings is 1. The first-order valence-electron chi connectivity index (χ1n) is 6.73. The number of rotatable bonds is 4. The molecule has 2 heterocycles. The summed E-state index contributed by atoms with van der Waals surface area (Å²) >= 11 is 0. The molecule has 3 rings (SSSR count). The second-order valence-corrected chi connectivity index (χ2v) is 4.79. The zero-order valence-electron chi connectivity index (χ0n) is 10.9. The smallest absolute Gasteiger partial charge is 0.408 e. The lowest BCUT2D eigenvalue weighted by atomic mass is 10.3. The van der Waals surface area contributed by atoms with Crippen molar-refractivity contribution in [3.05, 3.63) is 34.8 Å². The molecule has 1 aliphatic heterocycles. The number of para-hydroxylation sites is 2. The number of hydrogen-bond acceptors (Lipinski definition) is 4. The predicted octanol–water partition coefficient (Wildman–Crippen LogP) is 1.32. The van der Waals surface area contributed by atoms with Crippen molar-refractivity contribution in [3.8, 4) is 0 Å². The fourth-order valence-electron chi connectivity index (χ4n) is 2.50. The van der Waals surface area contributed by atoms with Gasteiger partial charge in [0, 0.05) is 26.2 Å². The summed E-state index contributed by atoms with van der Waals surface area (Å²) in [6.45, 7) is 5.30. The summed E-state index contributed by atoms with van der Waals surface area (Å²) in [5, 5.41) is 0. The Labute approximate surface area is 111 Å². The average molecular weight is 262 g/mol. The van der Waals surface area contributed by atoms with Gasteiger partial charge in [0.2, 0.25) is 0 Å². The molecule has 1 fully saturated rings. The third-order valence-electron chi connectivity index (χ3n) is 3.53. The molecule has 1 aromatic carbocycles. The maximum atomic E-state index is 11.8. The van der Waals surface area contributed by atoms with E-state index >= 15 is 0 Å². The Morgan fingerprint density at radius 1 is 1.11 bits per heavy atom. The largest absolute Gasteiger partial charge is 0.419 e. The molecule has 0 atom stereocenters. The maximum Gasteiger partial charge on any atom is 0.419 e.